The molecule has 0 aromatic heterocycles. The van der Waals surface area contributed by atoms with Crippen molar-refractivity contribution >= 4 is 37.1 Å². The molecule has 0 saturated heterocycles. The number of aromatic hydroxyl groups is 1. The van der Waals surface area contributed by atoms with Gasteiger partial charge in [0.25, 0.3) is 0 Å². The van der Waals surface area contributed by atoms with Gasteiger partial charge in [0, 0.05) is 12.1 Å². The summed E-state index contributed by atoms with van der Waals surface area (Å²) in [5.74, 6) is 1.51. The van der Waals surface area contributed by atoms with E-state index < -0.39 is 32.4 Å². The number of phenolic OH excluding ortho intramolecular Hbond substituents is 1. The summed E-state index contributed by atoms with van der Waals surface area (Å²) < 4.78 is 33.2. The number of esters is 1. The lowest BCUT2D eigenvalue weighted by Gasteiger charge is -2.12. The molecule has 4 N–H and O–H groups in total. The summed E-state index contributed by atoms with van der Waals surface area (Å²) in [6.07, 6.45) is -1.36. The van der Waals surface area contributed by atoms with Gasteiger partial charge >= 0.3 is 26.2 Å². The van der Waals surface area contributed by atoms with Crippen molar-refractivity contribution in [1.29, 1.82) is 0 Å². The second-order valence-corrected chi connectivity index (χ2v) is 12.1. The number of carbonyl (C=O) groups excluding carboxylic acids is 1. The van der Waals surface area contributed by atoms with Gasteiger partial charge in [-0.1, -0.05) is 54.6 Å². The Balaban J connectivity index is 0.000000192. The number of carboxylic acid groups (broad SMARTS) is 1. The van der Waals surface area contributed by atoms with E-state index in [4.69, 9.17) is 33.4 Å². The van der Waals surface area contributed by atoms with E-state index in [1.165, 1.54) is 12.1 Å². The van der Waals surface area contributed by atoms with Gasteiger partial charge in [0.15, 0.2) is 0 Å². The summed E-state index contributed by atoms with van der Waals surface area (Å²) >= 11 is 0. The Morgan fingerprint density at radius 1 is 0.660 bits per heavy atom. The molecular weight excluding hydrogens is 682 g/mol. The molecule has 2 heterocycles. The largest absolute Gasteiger partial charge is 0.508 e. The number of benzene rings is 5. The van der Waals surface area contributed by atoms with Crippen LogP contribution < -0.4 is 25.1 Å². The van der Waals surface area contributed by atoms with Crippen molar-refractivity contribution in [3.63, 3.8) is 0 Å². The third-order valence-electron chi connectivity index (χ3n) is 8.29. The van der Waals surface area contributed by atoms with Crippen molar-refractivity contribution in [3.05, 3.63) is 132 Å². The molecule has 7 rings (SSSR count). The number of carboxylic acids is 1. The minimum absolute atomic E-state index is 0.0545. The summed E-state index contributed by atoms with van der Waals surface area (Å²) in [6, 6.07) is 33.9. The van der Waals surface area contributed by atoms with Crippen LogP contribution in [0.5, 0.6) is 34.5 Å². The molecule has 5 aromatic rings. The van der Waals surface area contributed by atoms with Crippen LogP contribution in [0.15, 0.2) is 115 Å². The van der Waals surface area contributed by atoms with Gasteiger partial charge < -0.3 is 48.5 Å². The summed E-state index contributed by atoms with van der Waals surface area (Å²) in [5.41, 5.74) is 3.55. The molecule has 0 spiro atoms. The first-order valence-corrected chi connectivity index (χ1v) is 16.9. The van der Waals surface area contributed by atoms with E-state index >= 15 is 0 Å². The Hall–Kier alpha value is -5.79. The quantitative estimate of drug-likeness (QED) is 0.0986. The van der Waals surface area contributed by atoms with E-state index in [9.17, 15) is 24.7 Å². The van der Waals surface area contributed by atoms with E-state index in [0.717, 1.165) is 11.1 Å². The van der Waals surface area contributed by atoms with Gasteiger partial charge in [-0.25, -0.2) is 0 Å². The van der Waals surface area contributed by atoms with Gasteiger partial charge in [0.05, 0.1) is 31.7 Å². The van der Waals surface area contributed by atoms with Crippen LogP contribution >= 0.6 is 0 Å². The van der Waals surface area contributed by atoms with E-state index in [-0.39, 0.29) is 24.6 Å². The first-order chi connectivity index (χ1) is 25.6. The van der Waals surface area contributed by atoms with Crippen LogP contribution in [0.2, 0.25) is 0 Å². The van der Waals surface area contributed by atoms with Crippen LogP contribution in [-0.4, -0.2) is 53.0 Å². The third kappa shape index (κ3) is 9.76. The highest BCUT2D eigenvalue weighted by Crippen LogP contribution is 2.33. The topological polar surface area (TPSA) is 170 Å². The zero-order valence-electron chi connectivity index (χ0n) is 28.7. The molecule has 5 aromatic carbocycles. The molecule has 270 valence electrons. The van der Waals surface area contributed by atoms with Gasteiger partial charge in [-0.15, -0.1) is 0 Å². The average Bonchev–Trinajstić information content (AvgIpc) is 3.61. The summed E-state index contributed by atoms with van der Waals surface area (Å²) in [5, 5.41) is 38.4. The monoisotopic (exact) mass is 718 g/mol. The lowest BCUT2D eigenvalue weighted by atomic mass is 9.79. The number of hydrogen-bond acceptors (Lipinski definition) is 11. The van der Waals surface area contributed by atoms with Crippen molar-refractivity contribution in [2.45, 2.75) is 38.6 Å². The molecular formula is C39H36B2O12. The van der Waals surface area contributed by atoms with Crippen molar-refractivity contribution in [2.24, 2.45) is 0 Å². The maximum absolute atomic E-state index is 11.8. The van der Waals surface area contributed by atoms with Crippen LogP contribution in [0, 0.1) is 0 Å². The van der Waals surface area contributed by atoms with Gasteiger partial charge in [-0.3, -0.25) is 9.59 Å². The second-order valence-electron chi connectivity index (χ2n) is 12.1. The Kier molecular flexibility index (Phi) is 12.0. The minimum Gasteiger partial charge on any atom is -0.508 e. The average molecular weight is 718 g/mol. The lowest BCUT2D eigenvalue weighted by molar-refractivity contribution is -0.145. The number of hydrogen-bond donors (Lipinski definition) is 4. The minimum atomic E-state index is -1.17. The van der Waals surface area contributed by atoms with Crippen LogP contribution in [0.4, 0.5) is 0 Å². The zero-order valence-corrected chi connectivity index (χ0v) is 28.7. The van der Waals surface area contributed by atoms with E-state index in [0.29, 0.717) is 58.5 Å². The summed E-state index contributed by atoms with van der Waals surface area (Å²) in [4.78, 5) is 22.6. The molecule has 0 saturated carbocycles. The van der Waals surface area contributed by atoms with E-state index in [1.807, 2.05) is 54.6 Å². The van der Waals surface area contributed by atoms with Crippen LogP contribution in [0.3, 0.4) is 0 Å². The molecule has 2 aliphatic rings. The summed E-state index contributed by atoms with van der Waals surface area (Å²) in [6.45, 7) is 2.53. The van der Waals surface area contributed by atoms with Gasteiger partial charge in [0.1, 0.15) is 41.1 Å². The number of carbonyl (C=O) groups is 2. The maximum Gasteiger partial charge on any atom is 0.492 e. The number of aliphatic carboxylic acids is 1. The summed E-state index contributed by atoms with van der Waals surface area (Å²) in [7, 11) is -2.29. The molecule has 2 unspecified atom stereocenters. The number of rotatable bonds is 12. The first-order valence-electron chi connectivity index (χ1n) is 16.9. The van der Waals surface area contributed by atoms with Crippen molar-refractivity contribution in [1.82, 2.24) is 0 Å². The predicted molar refractivity (Wildman–Crippen MR) is 195 cm³/mol. The molecule has 0 aliphatic carbocycles. The van der Waals surface area contributed by atoms with Crippen molar-refractivity contribution < 1.29 is 58.1 Å². The standard InChI is InChI=1S/C24H23BO6.C15H13BO6/c1-2-28-24(26)15-23-21-12-11-20(14-22(21)25(27)31-23)30-19-10-6-9-18(13-19)29-16-17-7-4-3-5-8-17;17-9-2-1-3-10(6-9)21-11-4-5-12-13(7-11)16(20)22-14(12)8-15(18)19/h3-14,23,27H,2,15-16H2,1H3;1-7,14,17,20H,8H2,(H,18,19). The third-order valence-corrected chi connectivity index (χ3v) is 8.29. The first kappa shape index (κ1) is 37.0. The van der Waals surface area contributed by atoms with Crippen molar-refractivity contribution in [2.75, 3.05) is 6.61 Å². The fourth-order valence-corrected chi connectivity index (χ4v) is 5.88. The van der Waals surface area contributed by atoms with E-state index in [1.54, 1.807) is 55.5 Å². The molecule has 2 atom stereocenters. The number of ether oxygens (including phenoxy) is 4. The Morgan fingerprint density at radius 3 is 1.79 bits per heavy atom. The highest BCUT2D eigenvalue weighted by molar-refractivity contribution is 6.62. The molecule has 12 nitrogen and oxygen atoms in total. The van der Waals surface area contributed by atoms with Crippen molar-refractivity contribution in [3.8, 4) is 34.5 Å². The Morgan fingerprint density at radius 2 is 1.21 bits per heavy atom. The van der Waals surface area contributed by atoms with E-state index in [2.05, 4.69) is 0 Å². The maximum atomic E-state index is 11.8. The van der Waals surface area contributed by atoms with Crippen LogP contribution in [-0.2, 0) is 30.2 Å². The number of fused-ring (bicyclic) bond motifs is 2. The zero-order chi connectivity index (χ0) is 37.3. The SMILES string of the molecule is CCOC(=O)CC1OB(O)c2cc(Oc3cccc(OCc4ccccc4)c3)ccc21.O=C(O)CC1OB(O)c2cc(Oc3cccc(O)c3)ccc21. The second kappa shape index (κ2) is 17.2. The normalized spacial score (nSPS) is 15.5. The van der Waals surface area contributed by atoms with Crippen LogP contribution in [0.1, 0.15) is 48.7 Å². The smallest absolute Gasteiger partial charge is 0.492 e. The molecule has 0 bridgehead atoms. The highest BCUT2D eigenvalue weighted by atomic mass is 16.6. The fraction of sp³-hybridized carbons (Fsp3) is 0.179. The lowest BCUT2D eigenvalue weighted by Crippen LogP contribution is -2.28. The Bertz CT molecular complexity index is 2040. The molecule has 53 heavy (non-hydrogen) atoms. The fourth-order valence-electron chi connectivity index (χ4n) is 5.88. The molecule has 0 amide bonds. The van der Waals surface area contributed by atoms with Gasteiger partial charge in [-0.2, -0.15) is 0 Å². The molecule has 2 aliphatic heterocycles. The predicted octanol–water partition coefficient (Wildman–Crippen LogP) is 5.19. The van der Waals surface area contributed by atoms with Gasteiger partial charge in [-0.05, 0) is 83.1 Å². The number of phenols is 1. The van der Waals surface area contributed by atoms with Gasteiger partial charge in [0.2, 0.25) is 0 Å². The molecule has 14 heteroatoms. The van der Waals surface area contributed by atoms with Crippen LogP contribution in [0.25, 0.3) is 0 Å². The molecule has 0 fully saturated rings. The molecule has 0 radical (unpaired) electrons. The Labute approximate surface area is 306 Å². The highest BCUT2D eigenvalue weighted by Gasteiger charge is 2.37.